The van der Waals surface area contributed by atoms with Crippen molar-refractivity contribution in [3.63, 3.8) is 0 Å². The molecule has 0 aromatic rings. The average molecular weight is 228 g/mol. The lowest BCUT2D eigenvalue weighted by molar-refractivity contribution is -0.143. The molecule has 0 spiro atoms. The van der Waals surface area contributed by atoms with Crippen LogP contribution in [0.2, 0.25) is 0 Å². The van der Waals surface area contributed by atoms with Crippen molar-refractivity contribution in [1.29, 1.82) is 0 Å². The van der Waals surface area contributed by atoms with Crippen molar-refractivity contribution in [2.24, 2.45) is 11.8 Å². The predicted octanol–water partition coefficient (Wildman–Crippen LogP) is 0.211. The number of rotatable bonds is 5. The molecule has 0 radical (unpaired) electrons. The molecule has 1 heterocycles. The highest BCUT2D eigenvalue weighted by atomic mass is 16.4. The molecule has 1 fully saturated rings. The Bertz CT molecular complexity index is 260. The van der Waals surface area contributed by atoms with Crippen LogP contribution in [-0.2, 0) is 9.59 Å². The standard InChI is InChI=1S/C11H20N2O3/c1-7(2)10(11(15)16)13-9(14)5-8-3-4-12-6-8/h7-8,10,12H,3-6H2,1-2H3,(H,13,14)(H,15,16). The maximum absolute atomic E-state index is 11.6. The molecule has 1 aliphatic rings. The Morgan fingerprint density at radius 1 is 1.50 bits per heavy atom. The van der Waals surface area contributed by atoms with E-state index in [1.165, 1.54) is 0 Å². The van der Waals surface area contributed by atoms with Crippen LogP contribution in [0.15, 0.2) is 0 Å². The van der Waals surface area contributed by atoms with E-state index in [2.05, 4.69) is 10.6 Å². The largest absolute Gasteiger partial charge is 0.480 e. The van der Waals surface area contributed by atoms with Gasteiger partial charge >= 0.3 is 5.97 Å². The maximum Gasteiger partial charge on any atom is 0.326 e. The number of carbonyl (C=O) groups is 2. The fraction of sp³-hybridized carbons (Fsp3) is 0.818. The van der Waals surface area contributed by atoms with Crippen LogP contribution in [0.3, 0.4) is 0 Å². The van der Waals surface area contributed by atoms with E-state index >= 15 is 0 Å². The lowest BCUT2D eigenvalue weighted by Crippen LogP contribution is -2.44. The Balaban J connectivity index is 2.38. The Morgan fingerprint density at radius 2 is 2.19 bits per heavy atom. The molecule has 0 bridgehead atoms. The molecule has 0 aromatic carbocycles. The van der Waals surface area contributed by atoms with Crippen molar-refractivity contribution >= 4 is 11.9 Å². The molecular weight excluding hydrogens is 208 g/mol. The van der Waals surface area contributed by atoms with Gasteiger partial charge in [0.05, 0.1) is 0 Å². The van der Waals surface area contributed by atoms with Crippen LogP contribution in [0.5, 0.6) is 0 Å². The van der Waals surface area contributed by atoms with E-state index in [1.807, 2.05) is 0 Å². The van der Waals surface area contributed by atoms with E-state index in [9.17, 15) is 9.59 Å². The second-order valence-electron chi connectivity index (χ2n) is 4.69. The van der Waals surface area contributed by atoms with Gasteiger partial charge in [0.25, 0.3) is 0 Å². The summed E-state index contributed by atoms with van der Waals surface area (Å²) in [4.78, 5) is 22.5. The van der Waals surface area contributed by atoms with E-state index in [0.717, 1.165) is 19.5 Å². The summed E-state index contributed by atoms with van der Waals surface area (Å²) in [6, 6.07) is -0.776. The molecule has 5 heteroatoms. The Morgan fingerprint density at radius 3 is 2.62 bits per heavy atom. The van der Waals surface area contributed by atoms with Gasteiger partial charge < -0.3 is 15.7 Å². The van der Waals surface area contributed by atoms with Crippen molar-refractivity contribution in [3.8, 4) is 0 Å². The van der Waals surface area contributed by atoms with Crippen molar-refractivity contribution in [2.45, 2.75) is 32.7 Å². The molecule has 0 aliphatic carbocycles. The molecule has 0 aromatic heterocycles. The van der Waals surface area contributed by atoms with E-state index in [1.54, 1.807) is 13.8 Å². The molecular formula is C11H20N2O3. The van der Waals surface area contributed by atoms with Crippen LogP contribution in [0.25, 0.3) is 0 Å². The summed E-state index contributed by atoms with van der Waals surface area (Å²) in [5.41, 5.74) is 0. The smallest absolute Gasteiger partial charge is 0.326 e. The van der Waals surface area contributed by atoms with Crippen molar-refractivity contribution in [2.75, 3.05) is 13.1 Å². The number of carboxylic acids is 1. The normalized spacial score (nSPS) is 22.1. The molecule has 0 saturated carbocycles. The zero-order valence-corrected chi connectivity index (χ0v) is 9.82. The molecule has 16 heavy (non-hydrogen) atoms. The highest BCUT2D eigenvalue weighted by molar-refractivity contribution is 5.83. The zero-order chi connectivity index (χ0) is 12.1. The zero-order valence-electron chi connectivity index (χ0n) is 9.82. The lowest BCUT2D eigenvalue weighted by Gasteiger charge is -2.18. The van der Waals surface area contributed by atoms with Gasteiger partial charge in [-0.05, 0) is 31.3 Å². The van der Waals surface area contributed by atoms with Gasteiger partial charge in [-0.2, -0.15) is 0 Å². The van der Waals surface area contributed by atoms with Crippen LogP contribution >= 0.6 is 0 Å². The average Bonchev–Trinajstić information content (AvgIpc) is 2.65. The molecule has 92 valence electrons. The van der Waals surface area contributed by atoms with Gasteiger partial charge in [0.1, 0.15) is 6.04 Å². The summed E-state index contributed by atoms with van der Waals surface area (Å²) in [6.45, 7) is 5.38. The third-order valence-electron chi connectivity index (χ3n) is 2.89. The minimum Gasteiger partial charge on any atom is -0.480 e. The highest BCUT2D eigenvalue weighted by Gasteiger charge is 2.25. The molecule has 1 saturated heterocycles. The summed E-state index contributed by atoms with van der Waals surface area (Å²) in [5, 5.41) is 14.7. The van der Waals surface area contributed by atoms with Crippen molar-refractivity contribution < 1.29 is 14.7 Å². The summed E-state index contributed by atoms with van der Waals surface area (Å²) < 4.78 is 0. The second-order valence-corrected chi connectivity index (χ2v) is 4.69. The Hall–Kier alpha value is -1.10. The van der Waals surface area contributed by atoms with Gasteiger partial charge in [-0.1, -0.05) is 13.8 Å². The van der Waals surface area contributed by atoms with Crippen LogP contribution in [0, 0.1) is 11.8 Å². The minimum absolute atomic E-state index is 0.0943. The van der Waals surface area contributed by atoms with Crippen LogP contribution in [0.4, 0.5) is 0 Å². The third kappa shape index (κ3) is 3.81. The number of amides is 1. The summed E-state index contributed by atoms with van der Waals surface area (Å²) in [6.07, 6.45) is 1.41. The molecule has 1 amide bonds. The van der Waals surface area contributed by atoms with Crippen molar-refractivity contribution in [1.82, 2.24) is 10.6 Å². The first-order valence-electron chi connectivity index (χ1n) is 5.73. The van der Waals surface area contributed by atoms with Crippen LogP contribution < -0.4 is 10.6 Å². The number of aliphatic carboxylic acids is 1. The quantitative estimate of drug-likeness (QED) is 0.628. The van der Waals surface area contributed by atoms with Gasteiger partial charge in [0.2, 0.25) is 5.91 Å². The maximum atomic E-state index is 11.6. The molecule has 2 atom stereocenters. The monoisotopic (exact) mass is 228 g/mol. The van der Waals surface area contributed by atoms with Gasteiger partial charge in [-0.3, -0.25) is 4.79 Å². The van der Waals surface area contributed by atoms with E-state index < -0.39 is 12.0 Å². The van der Waals surface area contributed by atoms with Gasteiger partial charge in [-0.15, -0.1) is 0 Å². The fourth-order valence-electron chi connectivity index (χ4n) is 1.90. The SMILES string of the molecule is CC(C)C(NC(=O)CC1CCNC1)C(=O)O. The molecule has 2 unspecified atom stereocenters. The highest BCUT2D eigenvalue weighted by Crippen LogP contribution is 2.12. The van der Waals surface area contributed by atoms with Crippen LogP contribution in [-0.4, -0.2) is 36.1 Å². The number of carboxylic acid groups (broad SMARTS) is 1. The fourth-order valence-corrected chi connectivity index (χ4v) is 1.90. The number of hydrogen-bond acceptors (Lipinski definition) is 3. The van der Waals surface area contributed by atoms with Gasteiger partial charge in [0.15, 0.2) is 0 Å². The topological polar surface area (TPSA) is 78.4 Å². The summed E-state index contributed by atoms with van der Waals surface area (Å²) in [7, 11) is 0. The van der Waals surface area contributed by atoms with E-state index in [4.69, 9.17) is 5.11 Å². The second kappa shape index (κ2) is 5.84. The Labute approximate surface area is 95.6 Å². The number of carbonyl (C=O) groups excluding carboxylic acids is 1. The first kappa shape index (κ1) is 13.0. The van der Waals surface area contributed by atoms with E-state index in [-0.39, 0.29) is 11.8 Å². The van der Waals surface area contributed by atoms with Crippen molar-refractivity contribution in [3.05, 3.63) is 0 Å². The van der Waals surface area contributed by atoms with Gasteiger partial charge in [0, 0.05) is 6.42 Å². The third-order valence-corrected chi connectivity index (χ3v) is 2.89. The summed E-state index contributed by atoms with van der Waals surface area (Å²) in [5.74, 6) is -0.868. The number of nitrogens with one attached hydrogen (secondary N) is 2. The first-order chi connectivity index (χ1) is 7.50. The molecule has 5 nitrogen and oxygen atoms in total. The Kier molecular flexibility index (Phi) is 4.73. The molecule has 3 N–H and O–H groups in total. The minimum atomic E-state index is -0.965. The lowest BCUT2D eigenvalue weighted by atomic mass is 10.0. The van der Waals surface area contributed by atoms with E-state index in [0.29, 0.717) is 12.3 Å². The van der Waals surface area contributed by atoms with Crippen LogP contribution in [0.1, 0.15) is 26.7 Å². The first-order valence-corrected chi connectivity index (χ1v) is 5.73. The van der Waals surface area contributed by atoms with Gasteiger partial charge in [-0.25, -0.2) is 4.79 Å². The molecule has 1 rings (SSSR count). The number of hydrogen-bond donors (Lipinski definition) is 3. The predicted molar refractivity (Wildman–Crippen MR) is 60.0 cm³/mol. The molecule has 1 aliphatic heterocycles. The summed E-state index contributed by atoms with van der Waals surface area (Å²) >= 11 is 0.